The third kappa shape index (κ3) is 4.11. The van der Waals surface area contributed by atoms with E-state index in [9.17, 15) is 4.79 Å². The van der Waals surface area contributed by atoms with Crippen LogP contribution in [0.25, 0.3) is 11.4 Å². The van der Waals surface area contributed by atoms with Gasteiger partial charge in [-0.1, -0.05) is 17.8 Å². The number of hydrogen-bond donors (Lipinski definition) is 1. The van der Waals surface area contributed by atoms with Crippen LogP contribution in [0.2, 0.25) is 0 Å². The van der Waals surface area contributed by atoms with Crippen LogP contribution >= 0.6 is 11.8 Å². The highest BCUT2D eigenvalue weighted by Gasteiger charge is 2.14. The highest BCUT2D eigenvalue weighted by atomic mass is 32.2. The van der Waals surface area contributed by atoms with Crippen LogP contribution in [0.4, 0.5) is 5.69 Å². The number of aromatic nitrogens is 4. The predicted molar refractivity (Wildman–Crippen MR) is 104 cm³/mol. The lowest BCUT2D eigenvalue weighted by Crippen LogP contribution is -2.14. The third-order valence-corrected chi connectivity index (χ3v) is 5.04. The van der Waals surface area contributed by atoms with E-state index >= 15 is 0 Å². The van der Waals surface area contributed by atoms with Crippen LogP contribution in [0, 0.1) is 13.8 Å². The van der Waals surface area contributed by atoms with Gasteiger partial charge in [-0.25, -0.2) is 0 Å². The van der Waals surface area contributed by atoms with Gasteiger partial charge in [-0.3, -0.25) is 9.78 Å². The van der Waals surface area contributed by atoms with E-state index in [1.807, 2.05) is 55.7 Å². The molecule has 3 aromatic rings. The van der Waals surface area contributed by atoms with Gasteiger partial charge in [0.05, 0.1) is 5.75 Å². The van der Waals surface area contributed by atoms with Crippen molar-refractivity contribution in [3.05, 3.63) is 53.9 Å². The van der Waals surface area contributed by atoms with Crippen LogP contribution in [0.5, 0.6) is 0 Å². The van der Waals surface area contributed by atoms with Gasteiger partial charge in [0.2, 0.25) is 5.91 Å². The van der Waals surface area contributed by atoms with Gasteiger partial charge in [-0.05, 0) is 56.2 Å². The van der Waals surface area contributed by atoms with E-state index in [1.165, 1.54) is 17.3 Å². The minimum Gasteiger partial charge on any atom is -0.325 e. The van der Waals surface area contributed by atoms with Crippen molar-refractivity contribution in [1.82, 2.24) is 19.7 Å². The summed E-state index contributed by atoms with van der Waals surface area (Å²) in [5.74, 6) is 0.975. The highest BCUT2D eigenvalue weighted by Crippen LogP contribution is 2.23. The minimum absolute atomic E-state index is 0.0631. The lowest BCUT2D eigenvalue weighted by molar-refractivity contribution is -0.113. The third-order valence-electron chi connectivity index (χ3n) is 4.08. The normalized spacial score (nSPS) is 10.7. The Bertz CT molecular complexity index is 908. The summed E-state index contributed by atoms with van der Waals surface area (Å²) in [5.41, 5.74) is 4.08. The predicted octanol–water partition coefficient (Wildman–Crippen LogP) is 3.71. The van der Waals surface area contributed by atoms with Gasteiger partial charge in [0, 0.05) is 30.2 Å². The van der Waals surface area contributed by atoms with Gasteiger partial charge >= 0.3 is 0 Å². The van der Waals surface area contributed by atoms with Crippen molar-refractivity contribution in [2.45, 2.75) is 32.5 Å². The van der Waals surface area contributed by atoms with Crippen LogP contribution in [0.15, 0.2) is 47.9 Å². The van der Waals surface area contributed by atoms with Gasteiger partial charge in [-0.15, -0.1) is 10.2 Å². The minimum atomic E-state index is -0.0631. The molecule has 0 spiro atoms. The molecule has 1 amide bonds. The van der Waals surface area contributed by atoms with Crippen LogP contribution in [-0.4, -0.2) is 31.4 Å². The van der Waals surface area contributed by atoms with E-state index in [-0.39, 0.29) is 11.7 Å². The van der Waals surface area contributed by atoms with E-state index < -0.39 is 0 Å². The molecule has 2 aromatic heterocycles. The summed E-state index contributed by atoms with van der Waals surface area (Å²) in [6.45, 7) is 6.83. The zero-order chi connectivity index (χ0) is 18.5. The summed E-state index contributed by atoms with van der Waals surface area (Å²) >= 11 is 1.38. The van der Waals surface area contributed by atoms with Crippen LogP contribution in [0.3, 0.4) is 0 Å². The molecule has 2 heterocycles. The van der Waals surface area contributed by atoms with Crippen molar-refractivity contribution in [2.24, 2.45) is 0 Å². The summed E-state index contributed by atoms with van der Waals surface area (Å²) in [6.07, 6.45) is 3.49. The topological polar surface area (TPSA) is 72.7 Å². The first-order chi connectivity index (χ1) is 12.6. The molecular formula is C19H21N5OS. The summed E-state index contributed by atoms with van der Waals surface area (Å²) in [7, 11) is 0. The number of aryl methyl sites for hydroxylation is 2. The van der Waals surface area contributed by atoms with Crippen molar-refractivity contribution in [1.29, 1.82) is 0 Å². The number of thioether (sulfide) groups is 1. The largest absolute Gasteiger partial charge is 0.325 e. The van der Waals surface area contributed by atoms with E-state index in [0.717, 1.165) is 34.3 Å². The molecule has 6 nitrogen and oxygen atoms in total. The number of benzene rings is 1. The number of rotatable bonds is 6. The molecule has 0 fully saturated rings. The first-order valence-corrected chi connectivity index (χ1v) is 9.40. The molecule has 0 saturated carbocycles. The second-order valence-electron chi connectivity index (χ2n) is 5.93. The van der Waals surface area contributed by atoms with Crippen molar-refractivity contribution in [3.8, 4) is 11.4 Å². The van der Waals surface area contributed by atoms with Gasteiger partial charge in [0.25, 0.3) is 0 Å². The Morgan fingerprint density at radius 3 is 2.73 bits per heavy atom. The Balaban J connectivity index is 1.67. The van der Waals surface area contributed by atoms with Crippen LogP contribution in [0.1, 0.15) is 18.1 Å². The van der Waals surface area contributed by atoms with Crippen molar-refractivity contribution in [2.75, 3.05) is 11.1 Å². The maximum absolute atomic E-state index is 12.3. The Hall–Kier alpha value is -2.67. The number of pyridine rings is 1. The Labute approximate surface area is 157 Å². The SMILES string of the molecule is CCn1c(SCC(=O)Nc2ccc(C)c(C)c2)nnc1-c1cccnc1. The molecule has 0 bridgehead atoms. The molecule has 0 radical (unpaired) electrons. The Kier molecular flexibility index (Phi) is 5.68. The average molecular weight is 367 g/mol. The molecular weight excluding hydrogens is 346 g/mol. The monoisotopic (exact) mass is 367 g/mol. The molecule has 1 aromatic carbocycles. The standard InChI is InChI=1S/C19H21N5OS/c1-4-24-18(15-6-5-9-20-11-15)22-23-19(24)26-12-17(25)21-16-8-7-13(2)14(3)10-16/h5-11H,4,12H2,1-3H3,(H,21,25). The second-order valence-corrected chi connectivity index (χ2v) is 6.87. The van der Waals surface area contributed by atoms with E-state index in [4.69, 9.17) is 0 Å². The van der Waals surface area contributed by atoms with E-state index in [1.54, 1.807) is 12.4 Å². The van der Waals surface area contributed by atoms with Crippen molar-refractivity contribution in [3.63, 3.8) is 0 Å². The maximum Gasteiger partial charge on any atom is 0.234 e. The molecule has 0 atom stereocenters. The van der Waals surface area contributed by atoms with Gasteiger partial charge in [-0.2, -0.15) is 0 Å². The quantitative estimate of drug-likeness (QED) is 0.673. The zero-order valence-electron chi connectivity index (χ0n) is 15.1. The average Bonchev–Trinajstić information content (AvgIpc) is 3.07. The van der Waals surface area contributed by atoms with Gasteiger partial charge in [0.1, 0.15) is 0 Å². The van der Waals surface area contributed by atoms with Gasteiger partial charge in [0.15, 0.2) is 11.0 Å². The van der Waals surface area contributed by atoms with Crippen molar-refractivity contribution >= 4 is 23.4 Å². The maximum atomic E-state index is 12.3. The molecule has 26 heavy (non-hydrogen) atoms. The second kappa shape index (κ2) is 8.14. The van der Waals surface area contributed by atoms with E-state index in [0.29, 0.717) is 0 Å². The lowest BCUT2D eigenvalue weighted by atomic mass is 10.1. The molecule has 7 heteroatoms. The number of amides is 1. The number of carbonyl (C=O) groups is 1. The molecule has 0 aliphatic carbocycles. The molecule has 3 rings (SSSR count). The summed E-state index contributed by atoms with van der Waals surface area (Å²) < 4.78 is 1.99. The smallest absolute Gasteiger partial charge is 0.234 e. The fourth-order valence-corrected chi connectivity index (χ4v) is 3.34. The summed E-state index contributed by atoms with van der Waals surface area (Å²) in [4.78, 5) is 16.4. The first-order valence-electron chi connectivity index (χ1n) is 8.42. The first kappa shape index (κ1) is 18.1. The van der Waals surface area contributed by atoms with Crippen LogP contribution in [-0.2, 0) is 11.3 Å². The fraction of sp³-hybridized carbons (Fsp3) is 0.263. The summed E-state index contributed by atoms with van der Waals surface area (Å²) in [5, 5.41) is 12.1. The number of anilines is 1. The van der Waals surface area contributed by atoms with Gasteiger partial charge < -0.3 is 9.88 Å². The molecule has 0 aliphatic heterocycles. The lowest BCUT2D eigenvalue weighted by Gasteiger charge is -2.09. The van der Waals surface area contributed by atoms with Crippen molar-refractivity contribution < 1.29 is 4.79 Å². The number of hydrogen-bond acceptors (Lipinski definition) is 5. The summed E-state index contributed by atoms with van der Waals surface area (Å²) in [6, 6.07) is 9.72. The number of nitrogens with one attached hydrogen (secondary N) is 1. The molecule has 1 N–H and O–H groups in total. The van der Waals surface area contributed by atoms with Crippen LogP contribution < -0.4 is 5.32 Å². The molecule has 0 saturated heterocycles. The molecule has 0 aliphatic rings. The molecule has 134 valence electrons. The Morgan fingerprint density at radius 1 is 1.19 bits per heavy atom. The fourth-order valence-electron chi connectivity index (χ4n) is 2.54. The number of carbonyl (C=O) groups excluding carboxylic acids is 1. The molecule has 0 unspecified atom stereocenters. The highest BCUT2D eigenvalue weighted by molar-refractivity contribution is 7.99. The number of nitrogens with zero attached hydrogens (tertiary/aromatic N) is 4. The zero-order valence-corrected chi connectivity index (χ0v) is 15.9. The Morgan fingerprint density at radius 2 is 2.04 bits per heavy atom. The van der Waals surface area contributed by atoms with E-state index in [2.05, 4.69) is 20.5 Å².